The zero-order valence-electron chi connectivity index (χ0n) is 11.4. The predicted octanol–water partition coefficient (Wildman–Crippen LogP) is 2.45. The number of rotatable bonds is 3. The van der Waals surface area contributed by atoms with Crippen LogP contribution in [0, 0.1) is 0 Å². The Bertz CT molecular complexity index is 731. The molecule has 0 aliphatic carbocycles. The van der Waals surface area contributed by atoms with E-state index in [0.717, 1.165) is 28.0 Å². The molecule has 102 valence electrons. The Labute approximate surface area is 117 Å². The van der Waals surface area contributed by atoms with E-state index in [-0.39, 0.29) is 6.04 Å². The molecule has 0 radical (unpaired) electrons. The van der Waals surface area contributed by atoms with Gasteiger partial charge in [-0.3, -0.25) is 0 Å². The van der Waals surface area contributed by atoms with E-state index in [2.05, 4.69) is 10.3 Å². The highest BCUT2D eigenvalue weighted by Gasteiger charge is 2.08. The van der Waals surface area contributed by atoms with E-state index >= 15 is 0 Å². The fourth-order valence-corrected chi connectivity index (χ4v) is 2.14. The van der Waals surface area contributed by atoms with Gasteiger partial charge in [0, 0.05) is 12.1 Å². The van der Waals surface area contributed by atoms with Gasteiger partial charge in [-0.2, -0.15) is 0 Å². The van der Waals surface area contributed by atoms with Crippen molar-refractivity contribution in [2.45, 2.75) is 13.0 Å². The standard InChI is InChI=1S/C15H16N4O/c1-10(16)11-3-5-12(6-4-11)19-15-8-7-13(20-2)9-14(15)17-18-19/h3-10H,16H2,1-2H3. The number of fused-ring (bicyclic) bond motifs is 1. The largest absolute Gasteiger partial charge is 0.497 e. The number of nitrogens with zero attached hydrogens (tertiary/aromatic N) is 3. The minimum atomic E-state index is 0.0285. The van der Waals surface area contributed by atoms with Crippen LogP contribution >= 0.6 is 0 Å². The number of ether oxygens (including phenoxy) is 1. The highest BCUT2D eigenvalue weighted by atomic mass is 16.5. The SMILES string of the molecule is COc1ccc2c(c1)nnn2-c1ccc(C(C)N)cc1. The van der Waals surface area contributed by atoms with Crippen LogP contribution < -0.4 is 10.5 Å². The summed E-state index contributed by atoms with van der Waals surface area (Å²) < 4.78 is 6.99. The molecule has 2 N–H and O–H groups in total. The maximum Gasteiger partial charge on any atom is 0.121 e. The second-order valence-electron chi connectivity index (χ2n) is 4.74. The number of methoxy groups -OCH3 is 1. The molecule has 0 aliphatic rings. The third kappa shape index (κ3) is 2.12. The topological polar surface area (TPSA) is 66.0 Å². The monoisotopic (exact) mass is 268 g/mol. The Balaban J connectivity index is 2.05. The summed E-state index contributed by atoms with van der Waals surface area (Å²) in [7, 11) is 1.64. The fourth-order valence-electron chi connectivity index (χ4n) is 2.14. The van der Waals surface area contributed by atoms with E-state index in [9.17, 15) is 0 Å². The molecule has 0 saturated heterocycles. The highest BCUT2D eigenvalue weighted by Crippen LogP contribution is 2.22. The summed E-state index contributed by atoms with van der Waals surface area (Å²) in [5.41, 5.74) is 9.66. The molecule has 5 nitrogen and oxygen atoms in total. The van der Waals surface area contributed by atoms with E-state index in [1.165, 1.54) is 0 Å². The van der Waals surface area contributed by atoms with Crippen LogP contribution in [0.15, 0.2) is 42.5 Å². The number of hydrogen-bond donors (Lipinski definition) is 1. The predicted molar refractivity (Wildman–Crippen MR) is 78.0 cm³/mol. The summed E-state index contributed by atoms with van der Waals surface area (Å²) >= 11 is 0. The van der Waals surface area contributed by atoms with Crippen molar-refractivity contribution < 1.29 is 4.74 Å². The van der Waals surface area contributed by atoms with E-state index in [0.29, 0.717) is 0 Å². The molecule has 2 aromatic carbocycles. The van der Waals surface area contributed by atoms with Gasteiger partial charge in [-0.15, -0.1) is 5.10 Å². The first kappa shape index (κ1) is 12.6. The summed E-state index contributed by atoms with van der Waals surface area (Å²) in [6, 6.07) is 13.8. The van der Waals surface area contributed by atoms with Crippen LogP contribution in [0.1, 0.15) is 18.5 Å². The third-order valence-corrected chi connectivity index (χ3v) is 3.32. The Hall–Kier alpha value is -2.40. The smallest absolute Gasteiger partial charge is 0.121 e. The van der Waals surface area contributed by atoms with Gasteiger partial charge in [0.15, 0.2) is 0 Å². The van der Waals surface area contributed by atoms with Crippen molar-refractivity contribution in [3.05, 3.63) is 48.0 Å². The summed E-state index contributed by atoms with van der Waals surface area (Å²) in [6.07, 6.45) is 0. The zero-order valence-corrected chi connectivity index (χ0v) is 11.4. The molecule has 0 amide bonds. The fraction of sp³-hybridized carbons (Fsp3) is 0.200. The lowest BCUT2D eigenvalue weighted by Crippen LogP contribution is -2.05. The molecule has 5 heteroatoms. The van der Waals surface area contributed by atoms with Gasteiger partial charge in [0.1, 0.15) is 11.3 Å². The Morgan fingerprint density at radius 3 is 2.55 bits per heavy atom. The van der Waals surface area contributed by atoms with Crippen LogP contribution in [0.25, 0.3) is 16.7 Å². The van der Waals surface area contributed by atoms with Crippen LogP contribution in [-0.4, -0.2) is 22.1 Å². The van der Waals surface area contributed by atoms with Crippen molar-refractivity contribution >= 4 is 11.0 Å². The number of hydrogen-bond acceptors (Lipinski definition) is 4. The summed E-state index contributed by atoms with van der Waals surface area (Å²) in [6.45, 7) is 1.96. The van der Waals surface area contributed by atoms with Gasteiger partial charge in [0.05, 0.1) is 18.3 Å². The van der Waals surface area contributed by atoms with Gasteiger partial charge in [-0.05, 0) is 36.8 Å². The normalized spacial score (nSPS) is 12.6. The van der Waals surface area contributed by atoms with Gasteiger partial charge < -0.3 is 10.5 Å². The van der Waals surface area contributed by atoms with Crippen molar-refractivity contribution in [2.24, 2.45) is 5.73 Å². The highest BCUT2D eigenvalue weighted by molar-refractivity contribution is 5.77. The average Bonchev–Trinajstić information content (AvgIpc) is 2.90. The van der Waals surface area contributed by atoms with Crippen LogP contribution in [0.5, 0.6) is 5.75 Å². The molecule has 0 bridgehead atoms. The summed E-state index contributed by atoms with van der Waals surface area (Å²) in [4.78, 5) is 0. The first-order valence-electron chi connectivity index (χ1n) is 6.44. The van der Waals surface area contributed by atoms with Crippen molar-refractivity contribution in [1.82, 2.24) is 15.0 Å². The lowest BCUT2D eigenvalue weighted by molar-refractivity contribution is 0.415. The molecular weight excluding hydrogens is 252 g/mol. The molecule has 1 heterocycles. The molecule has 1 atom stereocenters. The van der Waals surface area contributed by atoms with Gasteiger partial charge in [0.25, 0.3) is 0 Å². The Morgan fingerprint density at radius 1 is 1.15 bits per heavy atom. The molecule has 1 unspecified atom stereocenters. The van der Waals surface area contributed by atoms with E-state index in [4.69, 9.17) is 10.5 Å². The third-order valence-electron chi connectivity index (χ3n) is 3.32. The molecule has 3 aromatic rings. The molecule has 0 spiro atoms. The van der Waals surface area contributed by atoms with Crippen molar-refractivity contribution in [1.29, 1.82) is 0 Å². The first-order valence-corrected chi connectivity index (χ1v) is 6.44. The number of aromatic nitrogens is 3. The van der Waals surface area contributed by atoms with Crippen molar-refractivity contribution in [2.75, 3.05) is 7.11 Å². The maximum absolute atomic E-state index is 5.86. The van der Waals surface area contributed by atoms with Gasteiger partial charge in [-0.1, -0.05) is 17.3 Å². The molecule has 20 heavy (non-hydrogen) atoms. The quantitative estimate of drug-likeness (QED) is 0.792. The van der Waals surface area contributed by atoms with Crippen LogP contribution in [-0.2, 0) is 0 Å². The first-order chi connectivity index (χ1) is 9.69. The van der Waals surface area contributed by atoms with Crippen molar-refractivity contribution in [3.8, 4) is 11.4 Å². The zero-order chi connectivity index (χ0) is 14.1. The average molecular weight is 268 g/mol. The lowest BCUT2D eigenvalue weighted by Gasteiger charge is -2.07. The summed E-state index contributed by atoms with van der Waals surface area (Å²) in [5, 5.41) is 8.36. The minimum Gasteiger partial charge on any atom is -0.497 e. The molecule has 0 fully saturated rings. The maximum atomic E-state index is 5.86. The molecule has 0 saturated carbocycles. The van der Waals surface area contributed by atoms with Gasteiger partial charge in [-0.25, -0.2) is 4.68 Å². The number of nitrogens with two attached hydrogens (primary N) is 1. The van der Waals surface area contributed by atoms with Gasteiger partial charge >= 0.3 is 0 Å². The molecule has 0 aliphatic heterocycles. The molecule has 1 aromatic heterocycles. The second kappa shape index (κ2) is 4.94. The van der Waals surface area contributed by atoms with Crippen LogP contribution in [0.2, 0.25) is 0 Å². The van der Waals surface area contributed by atoms with E-state index in [1.54, 1.807) is 11.8 Å². The number of benzene rings is 2. The van der Waals surface area contributed by atoms with Crippen LogP contribution in [0.4, 0.5) is 0 Å². The van der Waals surface area contributed by atoms with E-state index in [1.807, 2.05) is 49.4 Å². The van der Waals surface area contributed by atoms with Crippen LogP contribution in [0.3, 0.4) is 0 Å². The molecule has 3 rings (SSSR count). The minimum absolute atomic E-state index is 0.0285. The second-order valence-corrected chi connectivity index (χ2v) is 4.74. The Kier molecular flexibility index (Phi) is 3.12. The summed E-state index contributed by atoms with van der Waals surface area (Å²) in [5.74, 6) is 0.775. The van der Waals surface area contributed by atoms with Gasteiger partial charge in [0.2, 0.25) is 0 Å². The lowest BCUT2D eigenvalue weighted by atomic mass is 10.1. The van der Waals surface area contributed by atoms with E-state index < -0.39 is 0 Å². The van der Waals surface area contributed by atoms with Crippen molar-refractivity contribution in [3.63, 3.8) is 0 Å². The Morgan fingerprint density at radius 2 is 1.90 bits per heavy atom. The molecular formula is C15H16N4O.